The molecular formula is C22H21NO. The molecule has 1 unspecified atom stereocenters. The Morgan fingerprint density at radius 2 is 1.96 bits per heavy atom. The van der Waals surface area contributed by atoms with Crippen molar-refractivity contribution in [3.63, 3.8) is 0 Å². The number of fused-ring (bicyclic) bond motifs is 3. The van der Waals surface area contributed by atoms with Crippen LogP contribution >= 0.6 is 0 Å². The molecule has 0 saturated heterocycles. The molecule has 0 amide bonds. The maximum absolute atomic E-state index is 5.32. The van der Waals surface area contributed by atoms with E-state index in [1.54, 1.807) is 7.11 Å². The van der Waals surface area contributed by atoms with Gasteiger partial charge in [0.05, 0.1) is 7.11 Å². The normalized spacial score (nSPS) is 16.5. The van der Waals surface area contributed by atoms with Crippen LogP contribution in [0.25, 0.3) is 10.9 Å². The predicted molar refractivity (Wildman–Crippen MR) is 99.7 cm³/mol. The summed E-state index contributed by atoms with van der Waals surface area (Å²) < 4.78 is 5.32. The molecule has 2 heteroatoms. The highest BCUT2D eigenvalue weighted by molar-refractivity contribution is 5.87. The maximum atomic E-state index is 5.32. The van der Waals surface area contributed by atoms with E-state index in [-0.39, 0.29) is 5.92 Å². The smallest absolute Gasteiger partial charge is 0.118 e. The molecule has 1 aliphatic rings. The summed E-state index contributed by atoms with van der Waals surface area (Å²) in [6.45, 7) is 3.95. The molecule has 24 heavy (non-hydrogen) atoms. The third-order valence-electron chi connectivity index (χ3n) is 4.88. The summed E-state index contributed by atoms with van der Waals surface area (Å²) in [7, 11) is 1.70. The van der Waals surface area contributed by atoms with Crippen molar-refractivity contribution in [2.45, 2.75) is 18.8 Å². The second kappa shape index (κ2) is 6.04. The van der Waals surface area contributed by atoms with E-state index in [0.717, 1.165) is 18.6 Å². The minimum Gasteiger partial charge on any atom is -0.497 e. The molecule has 3 aromatic rings. The molecule has 1 heterocycles. The number of hydrogen-bond donors (Lipinski definition) is 1. The maximum Gasteiger partial charge on any atom is 0.118 e. The van der Waals surface area contributed by atoms with Crippen LogP contribution < -0.4 is 4.74 Å². The Morgan fingerprint density at radius 1 is 1.17 bits per heavy atom. The largest absolute Gasteiger partial charge is 0.497 e. The zero-order valence-corrected chi connectivity index (χ0v) is 13.9. The fourth-order valence-corrected chi connectivity index (χ4v) is 3.79. The van der Waals surface area contributed by atoms with E-state index < -0.39 is 0 Å². The third kappa shape index (κ3) is 2.35. The number of H-pyrrole nitrogens is 1. The zero-order valence-electron chi connectivity index (χ0n) is 13.9. The van der Waals surface area contributed by atoms with Gasteiger partial charge in [-0.1, -0.05) is 48.1 Å². The highest BCUT2D eigenvalue weighted by Gasteiger charge is 2.27. The number of rotatable bonds is 4. The lowest BCUT2D eigenvalue weighted by molar-refractivity contribution is 0.414. The number of para-hydroxylation sites is 1. The quantitative estimate of drug-likeness (QED) is 0.644. The van der Waals surface area contributed by atoms with Gasteiger partial charge in [0.1, 0.15) is 5.75 Å². The molecule has 0 radical (unpaired) electrons. The monoisotopic (exact) mass is 315 g/mol. The molecule has 1 N–H and O–H groups in total. The first kappa shape index (κ1) is 14.8. The standard InChI is InChI=1S/C22H21NO/c1-3-6-15-11-14-20-22(18-7-4-5-8-19(18)23-20)21(15)16-9-12-17(24-2)13-10-16/h3-5,7-13,21,23H,1,6,14H2,2H3. The van der Waals surface area contributed by atoms with Gasteiger partial charge in [-0.05, 0) is 35.7 Å². The fourth-order valence-electron chi connectivity index (χ4n) is 3.79. The van der Waals surface area contributed by atoms with E-state index >= 15 is 0 Å². The van der Waals surface area contributed by atoms with E-state index in [4.69, 9.17) is 4.74 Å². The lowest BCUT2D eigenvalue weighted by Gasteiger charge is -2.26. The Hall–Kier alpha value is -2.74. The molecule has 0 bridgehead atoms. The Morgan fingerprint density at radius 3 is 2.71 bits per heavy atom. The Balaban J connectivity index is 1.90. The molecule has 2 nitrogen and oxygen atoms in total. The first-order valence-corrected chi connectivity index (χ1v) is 8.35. The predicted octanol–water partition coefficient (Wildman–Crippen LogP) is 5.37. The van der Waals surface area contributed by atoms with Crippen LogP contribution in [0.3, 0.4) is 0 Å². The average molecular weight is 315 g/mol. The summed E-state index contributed by atoms with van der Waals surface area (Å²) in [5, 5.41) is 1.32. The van der Waals surface area contributed by atoms with Crippen LogP contribution in [0.15, 0.2) is 72.8 Å². The molecule has 120 valence electrons. The minimum atomic E-state index is 0.272. The highest BCUT2D eigenvalue weighted by Crippen LogP contribution is 2.43. The number of ether oxygens (including phenoxy) is 1. The highest BCUT2D eigenvalue weighted by atomic mass is 16.5. The van der Waals surface area contributed by atoms with Gasteiger partial charge in [0.25, 0.3) is 0 Å². The van der Waals surface area contributed by atoms with E-state index in [9.17, 15) is 0 Å². The lowest BCUT2D eigenvalue weighted by Crippen LogP contribution is -2.11. The van der Waals surface area contributed by atoms with Crippen LogP contribution in [0.2, 0.25) is 0 Å². The van der Waals surface area contributed by atoms with Crippen LogP contribution in [-0.2, 0) is 6.42 Å². The number of aromatic nitrogens is 1. The molecule has 0 spiro atoms. The van der Waals surface area contributed by atoms with E-state index in [0.29, 0.717) is 0 Å². The van der Waals surface area contributed by atoms with Crippen molar-refractivity contribution in [2.24, 2.45) is 0 Å². The SMILES string of the molecule is C=CCC1=CCc2[nH]c3ccccc3c2C1c1ccc(OC)cc1. The van der Waals surface area contributed by atoms with Crippen LogP contribution in [-0.4, -0.2) is 12.1 Å². The van der Waals surface area contributed by atoms with Gasteiger partial charge in [-0.3, -0.25) is 0 Å². The van der Waals surface area contributed by atoms with E-state index in [1.165, 1.54) is 33.3 Å². The fraction of sp³-hybridized carbons (Fsp3) is 0.182. The number of aromatic amines is 1. The van der Waals surface area contributed by atoms with Crippen molar-refractivity contribution in [1.29, 1.82) is 0 Å². The van der Waals surface area contributed by atoms with E-state index in [1.807, 2.05) is 18.2 Å². The number of methoxy groups -OCH3 is 1. The molecule has 1 atom stereocenters. The van der Waals surface area contributed by atoms with Crippen molar-refractivity contribution in [1.82, 2.24) is 4.98 Å². The van der Waals surface area contributed by atoms with Gasteiger partial charge in [0.2, 0.25) is 0 Å². The first-order valence-electron chi connectivity index (χ1n) is 8.35. The van der Waals surface area contributed by atoms with Crippen molar-refractivity contribution < 1.29 is 4.74 Å². The van der Waals surface area contributed by atoms with Crippen molar-refractivity contribution in [3.05, 3.63) is 89.7 Å². The molecule has 0 aliphatic heterocycles. The molecule has 0 fully saturated rings. The van der Waals surface area contributed by atoms with Gasteiger partial charge in [-0.2, -0.15) is 0 Å². The van der Waals surface area contributed by atoms with Gasteiger partial charge in [-0.25, -0.2) is 0 Å². The molecular weight excluding hydrogens is 294 g/mol. The van der Waals surface area contributed by atoms with Crippen LogP contribution in [0, 0.1) is 0 Å². The third-order valence-corrected chi connectivity index (χ3v) is 4.88. The zero-order chi connectivity index (χ0) is 16.5. The summed E-state index contributed by atoms with van der Waals surface area (Å²) in [6.07, 6.45) is 6.23. The van der Waals surface area contributed by atoms with E-state index in [2.05, 4.69) is 54.0 Å². The summed E-state index contributed by atoms with van der Waals surface area (Å²) in [4.78, 5) is 3.61. The summed E-state index contributed by atoms with van der Waals surface area (Å²) in [6, 6.07) is 17.0. The van der Waals surface area contributed by atoms with Gasteiger partial charge in [0.15, 0.2) is 0 Å². The Bertz CT molecular complexity index is 915. The van der Waals surface area contributed by atoms with Crippen LogP contribution in [0.1, 0.15) is 29.2 Å². The lowest BCUT2D eigenvalue weighted by atomic mass is 9.78. The molecule has 0 saturated carbocycles. The second-order valence-corrected chi connectivity index (χ2v) is 6.24. The van der Waals surface area contributed by atoms with Crippen molar-refractivity contribution >= 4 is 10.9 Å². The second-order valence-electron chi connectivity index (χ2n) is 6.24. The first-order chi connectivity index (χ1) is 11.8. The average Bonchev–Trinajstić information content (AvgIpc) is 3.01. The molecule has 2 aromatic carbocycles. The summed E-state index contributed by atoms with van der Waals surface area (Å²) >= 11 is 0. The number of nitrogens with one attached hydrogen (secondary N) is 1. The van der Waals surface area contributed by atoms with Crippen LogP contribution in [0.4, 0.5) is 0 Å². The molecule has 1 aliphatic carbocycles. The van der Waals surface area contributed by atoms with Gasteiger partial charge in [0, 0.05) is 28.9 Å². The van der Waals surface area contributed by atoms with Gasteiger partial charge >= 0.3 is 0 Å². The molecule has 1 aromatic heterocycles. The summed E-state index contributed by atoms with van der Waals surface area (Å²) in [5.41, 5.74) is 6.68. The number of benzene rings is 2. The van der Waals surface area contributed by atoms with Gasteiger partial charge in [-0.15, -0.1) is 6.58 Å². The van der Waals surface area contributed by atoms with Crippen LogP contribution in [0.5, 0.6) is 5.75 Å². The Labute approximate surface area is 142 Å². The topological polar surface area (TPSA) is 25.0 Å². The van der Waals surface area contributed by atoms with Crippen molar-refractivity contribution in [2.75, 3.05) is 7.11 Å². The molecule has 4 rings (SSSR count). The van der Waals surface area contributed by atoms with Gasteiger partial charge < -0.3 is 9.72 Å². The Kier molecular flexibility index (Phi) is 3.73. The number of hydrogen-bond acceptors (Lipinski definition) is 1. The minimum absolute atomic E-state index is 0.272. The number of allylic oxidation sites excluding steroid dienone is 3. The van der Waals surface area contributed by atoms with Crippen molar-refractivity contribution in [3.8, 4) is 5.75 Å². The summed E-state index contributed by atoms with van der Waals surface area (Å²) in [5.74, 6) is 1.16.